The van der Waals surface area contributed by atoms with Crippen LogP contribution in [-0.4, -0.2) is 51.2 Å². The Morgan fingerprint density at radius 3 is 2.75 bits per heavy atom. The second-order valence-corrected chi connectivity index (χ2v) is 5.77. The first kappa shape index (κ1) is 17.3. The summed E-state index contributed by atoms with van der Waals surface area (Å²) < 4.78 is 19.3. The summed E-state index contributed by atoms with van der Waals surface area (Å²) in [6.07, 6.45) is 2.95. The van der Waals surface area contributed by atoms with Crippen LogP contribution in [0.5, 0.6) is 5.75 Å². The average Bonchev–Trinajstić information content (AvgIpc) is 2.46. The highest BCUT2D eigenvalue weighted by Gasteiger charge is 2.19. The molecule has 0 amide bonds. The summed E-state index contributed by atoms with van der Waals surface area (Å²) in [6.45, 7) is 1.97. The summed E-state index contributed by atoms with van der Waals surface area (Å²) in [7, 11) is 5.54. The van der Waals surface area contributed by atoms with Gasteiger partial charge in [-0.25, -0.2) is 4.39 Å². The predicted octanol–water partition coefficient (Wildman–Crippen LogP) is 2.78. The van der Waals surface area contributed by atoms with Crippen LogP contribution in [-0.2, 0) is 0 Å². The molecule has 114 valence electrons. The molecule has 5 heteroatoms. The van der Waals surface area contributed by atoms with Crippen LogP contribution >= 0.6 is 11.8 Å². The first-order valence-corrected chi connectivity index (χ1v) is 8.20. The third kappa shape index (κ3) is 4.96. The lowest BCUT2D eigenvalue weighted by atomic mass is 10.0. The van der Waals surface area contributed by atoms with Gasteiger partial charge in [0.15, 0.2) is 0 Å². The van der Waals surface area contributed by atoms with Gasteiger partial charge < -0.3 is 15.0 Å². The van der Waals surface area contributed by atoms with E-state index in [1.165, 1.54) is 6.07 Å². The van der Waals surface area contributed by atoms with E-state index >= 15 is 0 Å². The van der Waals surface area contributed by atoms with Crippen molar-refractivity contribution in [3.63, 3.8) is 0 Å². The number of ether oxygens (including phenoxy) is 1. The van der Waals surface area contributed by atoms with Crippen LogP contribution in [0.4, 0.5) is 4.39 Å². The molecule has 0 spiro atoms. The molecule has 0 aliphatic heterocycles. The number of nitrogens with one attached hydrogen (secondary N) is 1. The highest BCUT2D eigenvalue weighted by Crippen LogP contribution is 2.29. The van der Waals surface area contributed by atoms with E-state index in [-0.39, 0.29) is 11.9 Å². The van der Waals surface area contributed by atoms with Crippen molar-refractivity contribution >= 4 is 11.8 Å². The summed E-state index contributed by atoms with van der Waals surface area (Å²) in [5.74, 6) is 1.51. The lowest BCUT2D eigenvalue weighted by molar-refractivity contribution is 0.320. The van der Waals surface area contributed by atoms with Crippen molar-refractivity contribution in [2.75, 3.05) is 46.3 Å². The van der Waals surface area contributed by atoms with E-state index < -0.39 is 0 Å². The van der Waals surface area contributed by atoms with Crippen molar-refractivity contribution in [2.24, 2.45) is 0 Å². The maximum atomic E-state index is 14.1. The van der Waals surface area contributed by atoms with E-state index in [9.17, 15) is 4.39 Å². The maximum Gasteiger partial charge on any atom is 0.131 e. The van der Waals surface area contributed by atoms with E-state index in [0.717, 1.165) is 25.3 Å². The third-order valence-corrected chi connectivity index (χ3v) is 4.00. The Kier molecular flexibility index (Phi) is 7.95. The molecule has 0 aromatic heterocycles. The van der Waals surface area contributed by atoms with E-state index in [2.05, 4.69) is 23.5 Å². The fourth-order valence-corrected chi connectivity index (χ4v) is 2.67. The summed E-state index contributed by atoms with van der Waals surface area (Å²) in [5.41, 5.74) is 0.621. The summed E-state index contributed by atoms with van der Waals surface area (Å²) in [5, 5.41) is 3.19. The molecule has 1 aromatic rings. The van der Waals surface area contributed by atoms with Gasteiger partial charge in [-0.1, -0.05) is 6.07 Å². The zero-order valence-corrected chi connectivity index (χ0v) is 13.6. The van der Waals surface area contributed by atoms with Gasteiger partial charge in [-0.15, -0.1) is 0 Å². The normalized spacial score (nSPS) is 12.7. The molecule has 1 aromatic carbocycles. The molecule has 1 rings (SSSR count). The van der Waals surface area contributed by atoms with Gasteiger partial charge in [0.05, 0.1) is 7.11 Å². The van der Waals surface area contributed by atoms with Crippen LogP contribution in [0.25, 0.3) is 0 Å². The van der Waals surface area contributed by atoms with Crippen molar-refractivity contribution in [1.29, 1.82) is 0 Å². The molecule has 0 saturated heterocycles. The Balaban J connectivity index is 2.71. The van der Waals surface area contributed by atoms with Crippen molar-refractivity contribution in [3.8, 4) is 5.75 Å². The lowest BCUT2D eigenvalue weighted by Gasteiger charge is -2.23. The van der Waals surface area contributed by atoms with Gasteiger partial charge in [-0.05, 0) is 45.4 Å². The van der Waals surface area contributed by atoms with Gasteiger partial charge >= 0.3 is 0 Å². The number of hydrogen-bond donors (Lipinski definition) is 1. The molecule has 0 bridgehead atoms. The summed E-state index contributed by atoms with van der Waals surface area (Å²) in [4.78, 5) is 2.27. The minimum atomic E-state index is -0.213. The number of nitrogens with zero attached hydrogens (tertiary/aromatic N) is 1. The number of benzene rings is 1. The Morgan fingerprint density at radius 1 is 1.40 bits per heavy atom. The largest absolute Gasteiger partial charge is 0.496 e. The molecule has 1 unspecified atom stereocenters. The van der Waals surface area contributed by atoms with Crippen molar-refractivity contribution in [3.05, 3.63) is 29.6 Å². The van der Waals surface area contributed by atoms with Crippen molar-refractivity contribution < 1.29 is 9.13 Å². The number of halogens is 1. The van der Waals surface area contributed by atoms with Crippen molar-refractivity contribution in [1.82, 2.24) is 10.2 Å². The molecule has 0 fully saturated rings. The van der Waals surface area contributed by atoms with Gasteiger partial charge in [0.1, 0.15) is 11.6 Å². The van der Waals surface area contributed by atoms with Crippen LogP contribution in [0.3, 0.4) is 0 Å². The minimum Gasteiger partial charge on any atom is -0.496 e. The first-order chi connectivity index (χ1) is 9.63. The fourth-order valence-electron chi connectivity index (χ4n) is 2.17. The number of hydrogen-bond acceptors (Lipinski definition) is 4. The van der Waals surface area contributed by atoms with Crippen LogP contribution in [0.15, 0.2) is 18.2 Å². The fraction of sp³-hybridized carbons (Fsp3) is 0.600. The Bertz CT molecular complexity index is 403. The smallest absolute Gasteiger partial charge is 0.131 e. The Hall–Kier alpha value is -0.780. The number of methoxy groups -OCH3 is 1. The predicted molar refractivity (Wildman–Crippen MR) is 85.2 cm³/mol. The van der Waals surface area contributed by atoms with Gasteiger partial charge in [0.2, 0.25) is 0 Å². The number of thioether (sulfide) groups is 1. The number of rotatable bonds is 9. The standard InChI is InChI=1S/C15H25FN2OS/c1-17-13(8-9-18(2)10-11-20-4)15-12(16)6-5-7-14(15)19-3/h5-7,13,17H,8-11H2,1-4H3. The van der Waals surface area contributed by atoms with E-state index in [4.69, 9.17) is 4.74 Å². The first-order valence-electron chi connectivity index (χ1n) is 6.81. The highest BCUT2D eigenvalue weighted by atomic mass is 32.2. The highest BCUT2D eigenvalue weighted by molar-refractivity contribution is 7.98. The molecule has 0 aliphatic carbocycles. The van der Waals surface area contributed by atoms with Gasteiger partial charge in [-0.3, -0.25) is 0 Å². The third-order valence-electron chi connectivity index (χ3n) is 3.41. The SMILES string of the molecule is CNC(CCN(C)CCSC)c1c(F)cccc1OC. The Morgan fingerprint density at radius 2 is 2.15 bits per heavy atom. The average molecular weight is 300 g/mol. The zero-order valence-electron chi connectivity index (χ0n) is 12.8. The summed E-state index contributed by atoms with van der Waals surface area (Å²) >= 11 is 1.84. The molecule has 0 aliphatic rings. The van der Waals surface area contributed by atoms with Crippen LogP contribution in [0, 0.1) is 5.82 Å². The topological polar surface area (TPSA) is 24.5 Å². The minimum absolute atomic E-state index is 0.0390. The molecule has 1 atom stereocenters. The lowest BCUT2D eigenvalue weighted by Crippen LogP contribution is -2.27. The molecular formula is C15H25FN2OS. The monoisotopic (exact) mass is 300 g/mol. The van der Waals surface area contributed by atoms with Gasteiger partial charge in [0, 0.05) is 23.9 Å². The quantitative estimate of drug-likeness (QED) is 0.758. The molecule has 0 radical (unpaired) electrons. The molecule has 1 N–H and O–H groups in total. The molecular weight excluding hydrogens is 275 g/mol. The van der Waals surface area contributed by atoms with E-state index in [1.807, 2.05) is 18.8 Å². The molecule has 3 nitrogen and oxygen atoms in total. The second kappa shape index (κ2) is 9.21. The van der Waals surface area contributed by atoms with E-state index in [1.54, 1.807) is 19.2 Å². The molecule has 20 heavy (non-hydrogen) atoms. The second-order valence-electron chi connectivity index (χ2n) is 4.78. The van der Waals surface area contributed by atoms with Crippen LogP contribution in [0.1, 0.15) is 18.0 Å². The molecule has 0 heterocycles. The zero-order chi connectivity index (χ0) is 15.0. The van der Waals surface area contributed by atoms with E-state index in [0.29, 0.717) is 11.3 Å². The maximum absolute atomic E-state index is 14.1. The van der Waals surface area contributed by atoms with Crippen LogP contribution < -0.4 is 10.1 Å². The Labute approximate surface area is 125 Å². The van der Waals surface area contributed by atoms with Gasteiger partial charge in [-0.2, -0.15) is 11.8 Å². The van der Waals surface area contributed by atoms with Crippen LogP contribution in [0.2, 0.25) is 0 Å². The summed E-state index contributed by atoms with van der Waals surface area (Å²) in [6, 6.07) is 4.93. The van der Waals surface area contributed by atoms with Crippen molar-refractivity contribution in [2.45, 2.75) is 12.5 Å². The molecule has 0 saturated carbocycles. The van der Waals surface area contributed by atoms with Gasteiger partial charge in [0.25, 0.3) is 0 Å².